The summed E-state index contributed by atoms with van der Waals surface area (Å²) in [4.78, 5) is 24.4. The summed E-state index contributed by atoms with van der Waals surface area (Å²) in [5.74, 6) is 0.237. The highest BCUT2D eigenvalue weighted by Gasteiger charge is 2.23. The van der Waals surface area contributed by atoms with Crippen LogP contribution in [0.15, 0.2) is 21.9 Å². The van der Waals surface area contributed by atoms with Crippen molar-refractivity contribution in [3.8, 4) is 0 Å². The van der Waals surface area contributed by atoms with Crippen molar-refractivity contribution in [1.29, 1.82) is 0 Å². The van der Waals surface area contributed by atoms with Gasteiger partial charge in [-0.05, 0) is 24.3 Å². The van der Waals surface area contributed by atoms with Gasteiger partial charge in [0.1, 0.15) is 0 Å². The molecule has 1 aliphatic carbocycles. The Kier molecular flexibility index (Phi) is 5.06. The van der Waals surface area contributed by atoms with Crippen LogP contribution in [0.4, 0.5) is 5.13 Å². The molecule has 1 saturated carbocycles. The standard InChI is InChI=1S/C13H14N4O2S3/c18-10(6-9-2-1-5-20-9)15-12-16-17-13(22-12)21-7-11(19)14-8-3-4-8/h1-2,5,8H,3-4,6-7H2,(H,14,19)(H,15,16,18). The van der Waals surface area contributed by atoms with E-state index in [0.717, 1.165) is 17.7 Å². The second-order valence-electron chi connectivity index (χ2n) is 4.81. The Balaban J connectivity index is 1.44. The van der Waals surface area contributed by atoms with Crippen LogP contribution < -0.4 is 10.6 Å². The van der Waals surface area contributed by atoms with Crippen molar-refractivity contribution >= 4 is 51.4 Å². The van der Waals surface area contributed by atoms with Crippen molar-refractivity contribution in [3.63, 3.8) is 0 Å². The van der Waals surface area contributed by atoms with Gasteiger partial charge < -0.3 is 10.6 Å². The van der Waals surface area contributed by atoms with E-state index in [4.69, 9.17) is 0 Å². The fraction of sp³-hybridized carbons (Fsp3) is 0.385. The maximum absolute atomic E-state index is 11.8. The van der Waals surface area contributed by atoms with Crippen molar-refractivity contribution in [1.82, 2.24) is 15.5 Å². The number of hydrogen-bond donors (Lipinski definition) is 2. The van der Waals surface area contributed by atoms with Gasteiger partial charge in [0.05, 0.1) is 12.2 Å². The number of carbonyl (C=O) groups is 2. The molecular weight excluding hydrogens is 340 g/mol. The number of amides is 2. The second kappa shape index (κ2) is 7.21. The van der Waals surface area contributed by atoms with Gasteiger partial charge in [0, 0.05) is 10.9 Å². The monoisotopic (exact) mass is 354 g/mol. The van der Waals surface area contributed by atoms with Crippen molar-refractivity contribution in [2.45, 2.75) is 29.6 Å². The lowest BCUT2D eigenvalue weighted by molar-refractivity contribution is -0.118. The predicted octanol–water partition coefficient (Wildman–Crippen LogP) is 2.15. The number of thiophene rings is 1. The average molecular weight is 354 g/mol. The van der Waals surface area contributed by atoms with Gasteiger partial charge in [-0.1, -0.05) is 29.2 Å². The molecule has 0 aliphatic heterocycles. The molecule has 116 valence electrons. The van der Waals surface area contributed by atoms with Gasteiger partial charge in [0.15, 0.2) is 4.34 Å². The minimum atomic E-state index is -0.110. The third-order valence-corrected chi connectivity index (χ3v) is 5.69. The Morgan fingerprint density at radius 3 is 2.91 bits per heavy atom. The van der Waals surface area contributed by atoms with Crippen LogP contribution in [-0.4, -0.2) is 33.8 Å². The van der Waals surface area contributed by atoms with E-state index >= 15 is 0 Å². The molecule has 2 amide bonds. The first-order chi connectivity index (χ1) is 10.7. The molecule has 2 aromatic rings. The van der Waals surface area contributed by atoms with Gasteiger partial charge >= 0.3 is 0 Å². The molecule has 22 heavy (non-hydrogen) atoms. The summed E-state index contributed by atoms with van der Waals surface area (Å²) in [7, 11) is 0. The van der Waals surface area contributed by atoms with Crippen LogP contribution >= 0.6 is 34.4 Å². The Morgan fingerprint density at radius 1 is 1.32 bits per heavy atom. The van der Waals surface area contributed by atoms with E-state index in [0.29, 0.717) is 27.7 Å². The second-order valence-corrected chi connectivity index (χ2v) is 8.04. The van der Waals surface area contributed by atoms with Gasteiger partial charge in [0.2, 0.25) is 16.9 Å². The Hall–Kier alpha value is -1.45. The first-order valence-corrected chi connectivity index (χ1v) is 9.45. The topological polar surface area (TPSA) is 84.0 Å². The lowest BCUT2D eigenvalue weighted by atomic mass is 10.3. The molecule has 1 fully saturated rings. The highest BCUT2D eigenvalue weighted by molar-refractivity contribution is 8.01. The molecule has 0 atom stereocenters. The summed E-state index contributed by atoms with van der Waals surface area (Å²) >= 11 is 4.16. The van der Waals surface area contributed by atoms with Gasteiger partial charge in [0.25, 0.3) is 0 Å². The van der Waals surface area contributed by atoms with Crippen LogP contribution in [0.5, 0.6) is 0 Å². The zero-order valence-electron chi connectivity index (χ0n) is 11.6. The number of anilines is 1. The van der Waals surface area contributed by atoms with E-state index in [-0.39, 0.29) is 11.8 Å². The van der Waals surface area contributed by atoms with Crippen molar-refractivity contribution in [3.05, 3.63) is 22.4 Å². The van der Waals surface area contributed by atoms with E-state index in [1.807, 2.05) is 17.5 Å². The summed E-state index contributed by atoms with van der Waals surface area (Å²) in [6, 6.07) is 4.21. The molecule has 0 spiro atoms. The van der Waals surface area contributed by atoms with Crippen LogP contribution in [0.25, 0.3) is 0 Å². The molecule has 0 saturated heterocycles. The van der Waals surface area contributed by atoms with E-state index in [2.05, 4.69) is 20.8 Å². The first kappa shape index (κ1) is 15.4. The Labute approximate surface area is 139 Å². The molecule has 9 heteroatoms. The normalized spacial score (nSPS) is 13.8. The molecule has 0 bridgehead atoms. The summed E-state index contributed by atoms with van der Waals surface area (Å²) < 4.78 is 0.678. The van der Waals surface area contributed by atoms with E-state index in [1.165, 1.54) is 23.1 Å². The minimum Gasteiger partial charge on any atom is -0.353 e. The molecule has 0 radical (unpaired) electrons. The van der Waals surface area contributed by atoms with E-state index in [1.54, 1.807) is 11.3 Å². The molecule has 6 nitrogen and oxygen atoms in total. The summed E-state index contributed by atoms with van der Waals surface area (Å²) in [6.45, 7) is 0. The maximum Gasteiger partial charge on any atom is 0.231 e. The Morgan fingerprint density at radius 2 is 2.18 bits per heavy atom. The molecule has 2 N–H and O–H groups in total. The average Bonchev–Trinajstić information content (AvgIpc) is 2.97. The van der Waals surface area contributed by atoms with Crippen LogP contribution in [-0.2, 0) is 16.0 Å². The fourth-order valence-corrected chi connectivity index (χ4v) is 3.96. The minimum absolute atomic E-state index is 0.0194. The summed E-state index contributed by atoms with van der Waals surface area (Å²) in [5.41, 5.74) is 0. The van der Waals surface area contributed by atoms with Crippen LogP contribution in [0.1, 0.15) is 17.7 Å². The third kappa shape index (κ3) is 4.79. The molecule has 0 unspecified atom stereocenters. The summed E-state index contributed by atoms with van der Waals surface area (Å²) in [6.07, 6.45) is 2.49. The number of hydrogen-bond acceptors (Lipinski definition) is 7. The van der Waals surface area contributed by atoms with Crippen molar-refractivity contribution < 1.29 is 9.59 Å². The number of nitrogens with one attached hydrogen (secondary N) is 2. The molecular formula is C13H14N4O2S3. The van der Waals surface area contributed by atoms with E-state index in [9.17, 15) is 9.59 Å². The van der Waals surface area contributed by atoms with Crippen LogP contribution in [0.3, 0.4) is 0 Å². The van der Waals surface area contributed by atoms with Crippen LogP contribution in [0.2, 0.25) is 0 Å². The smallest absolute Gasteiger partial charge is 0.231 e. The predicted molar refractivity (Wildman–Crippen MR) is 88.5 cm³/mol. The van der Waals surface area contributed by atoms with Crippen molar-refractivity contribution in [2.24, 2.45) is 0 Å². The fourth-order valence-electron chi connectivity index (χ4n) is 1.68. The quantitative estimate of drug-likeness (QED) is 0.588. The van der Waals surface area contributed by atoms with Gasteiger partial charge in [-0.15, -0.1) is 21.5 Å². The van der Waals surface area contributed by atoms with Gasteiger partial charge in [-0.25, -0.2) is 0 Å². The number of rotatable bonds is 7. The molecule has 3 rings (SSSR count). The zero-order valence-corrected chi connectivity index (χ0v) is 14.0. The highest BCUT2D eigenvalue weighted by Crippen LogP contribution is 2.26. The lowest BCUT2D eigenvalue weighted by Gasteiger charge is -2.00. The first-order valence-electron chi connectivity index (χ1n) is 6.77. The molecule has 2 heterocycles. The zero-order chi connectivity index (χ0) is 15.4. The van der Waals surface area contributed by atoms with Crippen molar-refractivity contribution in [2.75, 3.05) is 11.1 Å². The maximum atomic E-state index is 11.8. The number of carbonyl (C=O) groups excluding carboxylic acids is 2. The molecule has 2 aromatic heterocycles. The number of nitrogens with zero attached hydrogens (tertiary/aromatic N) is 2. The SMILES string of the molecule is O=C(Cc1cccs1)Nc1nnc(SCC(=O)NC2CC2)s1. The number of thioether (sulfide) groups is 1. The molecule has 0 aromatic carbocycles. The van der Waals surface area contributed by atoms with Gasteiger partial charge in [-0.3, -0.25) is 9.59 Å². The third-order valence-electron chi connectivity index (χ3n) is 2.84. The number of aromatic nitrogens is 2. The van der Waals surface area contributed by atoms with Gasteiger partial charge in [-0.2, -0.15) is 0 Å². The lowest BCUT2D eigenvalue weighted by Crippen LogP contribution is -2.26. The van der Waals surface area contributed by atoms with E-state index < -0.39 is 0 Å². The Bertz CT molecular complexity index is 652. The summed E-state index contributed by atoms with van der Waals surface area (Å²) in [5, 5.41) is 15.9. The highest BCUT2D eigenvalue weighted by atomic mass is 32.2. The largest absolute Gasteiger partial charge is 0.353 e. The molecule has 1 aliphatic rings. The van der Waals surface area contributed by atoms with Crippen LogP contribution in [0, 0.1) is 0 Å².